The molecule has 0 saturated heterocycles. The highest BCUT2D eigenvalue weighted by atomic mass is 32.2. The number of rotatable bonds is 5. The Morgan fingerprint density at radius 1 is 1.52 bits per heavy atom. The molecule has 1 amide bonds. The first kappa shape index (κ1) is 16.0. The van der Waals surface area contributed by atoms with Gasteiger partial charge in [-0.25, -0.2) is 13.6 Å². The van der Waals surface area contributed by atoms with Gasteiger partial charge in [0, 0.05) is 25.2 Å². The fourth-order valence-corrected chi connectivity index (χ4v) is 3.16. The monoisotopic (exact) mass is 314 g/mol. The third kappa shape index (κ3) is 4.82. The summed E-state index contributed by atoms with van der Waals surface area (Å²) < 4.78 is 23.7. The molecule has 0 unspecified atom stereocenters. The number of hydrogen-bond donors (Lipinski definition) is 2. The van der Waals surface area contributed by atoms with Crippen molar-refractivity contribution in [2.75, 3.05) is 0 Å². The summed E-state index contributed by atoms with van der Waals surface area (Å²) in [4.78, 5) is 11.9. The number of hydrogen-bond acceptors (Lipinski definition) is 4. The topological polar surface area (TPSA) is 107 Å². The smallest absolute Gasteiger partial charge is 0.241 e. The van der Waals surface area contributed by atoms with Gasteiger partial charge in [-0.2, -0.15) is 5.10 Å². The van der Waals surface area contributed by atoms with E-state index in [-0.39, 0.29) is 23.3 Å². The Balaban J connectivity index is 1.80. The van der Waals surface area contributed by atoms with Crippen molar-refractivity contribution in [3.63, 3.8) is 0 Å². The number of carbonyl (C=O) groups is 1. The average Bonchev–Trinajstić information content (AvgIpc) is 2.85. The largest absolute Gasteiger partial charge is 0.353 e. The van der Waals surface area contributed by atoms with Gasteiger partial charge in [0.2, 0.25) is 15.9 Å². The van der Waals surface area contributed by atoms with Crippen LogP contribution in [0.4, 0.5) is 0 Å². The summed E-state index contributed by atoms with van der Waals surface area (Å²) in [6.07, 6.45) is 7.26. The molecule has 0 aliphatic heterocycles. The summed E-state index contributed by atoms with van der Waals surface area (Å²) in [5.74, 6) is 0.634. The molecule has 1 fully saturated rings. The second-order valence-electron chi connectivity index (χ2n) is 5.77. The van der Waals surface area contributed by atoms with Gasteiger partial charge in [-0.05, 0) is 18.8 Å². The molecule has 1 saturated carbocycles. The molecule has 2 atom stereocenters. The fraction of sp³-hybridized carbons (Fsp3) is 0.692. The Morgan fingerprint density at radius 2 is 2.29 bits per heavy atom. The molecule has 118 valence electrons. The second-order valence-corrected chi connectivity index (χ2v) is 7.33. The van der Waals surface area contributed by atoms with E-state index in [1.807, 2.05) is 0 Å². The van der Waals surface area contributed by atoms with E-state index in [0.29, 0.717) is 12.5 Å². The van der Waals surface area contributed by atoms with Crippen molar-refractivity contribution in [1.82, 2.24) is 15.1 Å². The first-order chi connectivity index (χ1) is 9.84. The Bertz CT molecular complexity index is 596. The molecule has 3 N–H and O–H groups in total. The summed E-state index contributed by atoms with van der Waals surface area (Å²) in [6, 6.07) is 0.263. The summed E-state index contributed by atoms with van der Waals surface area (Å²) in [5, 5.41) is 11.9. The van der Waals surface area contributed by atoms with E-state index in [0.717, 1.165) is 19.3 Å². The van der Waals surface area contributed by atoms with Crippen LogP contribution in [-0.4, -0.2) is 30.1 Å². The Kier molecular flexibility index (Phi) is 5.00. The average molecular weight is 314 g/mol. The minimum absolute atomic E-state index is 0.0262. The minimum Gasteiger partial charge on any atom is -0.353 e. The predicted octanol–water partition coefficient (Wildman–Crippen LogP) is 0.616. The molecule has 0 spiro atoms. The number of primary sulfonamides is 1. The van der Waals surface area contributed by atoms with Crippen molar-refractivity contribution in [3.8, 4) is 0 Å². The van der Waals surface area contributed by atoms with Crippen LogP contribution < -0.4 is 10.5 Å². The second kappa shape index (κ2) is 6.57. The fourth-order valence-electron chi connectivity index (χ4n) is 2.69. The van der Waals surface area contributed by atoms with Crippen molar-refractivity contribution in [3.05, 3.63) is 12.4 Å². The van der Waals surface area contributed by atoms with Gasteiger partial charge in [-0.1, -0.05) is 19.8 Å². The number of nitrogens with two attached hydrogens (primary N) is 1. The van der Waals surface area contributed by atoms with Crippen LogP contribution in [0.5, 0.6) is 0 Å². The number of sulfonamides is 1. The molecule has 0 radical (unpaired) electrons. The van der Waals surface area contributed by atoms with E-state index in [4.69, 9.17) is 5.14 Å². The molecule has 2 rings (SSSR count). The number of aryl methyl sites for hydroxylation is 1. The lowest BCUT2D eigenvalue weighted by Crippen LogP contribution is -2.38. The van der Waals surface area contributed by atoms with E-state index in [1.54, 1.807) is 0 Å². The highest BCUT2D eigenvalue weighted by Gasteiger charge is 2.20. The van der Waals surface area contributed by atoms with E-state index >= 15 is 0 Å². The van der Waals surface area contributed by atoms with Crippen molar-refractivity contribution >= 4 is 15.9 Å². The molecule has 7 nitrogen and oxygen atoms in total. The number of nitrogens with one attached hydrogen (secondary N) is 1. The molecular formula is C13H22N4O3S. The zero-order valence-electron chi connectivity index (χ0n) is 12.2. The first-order valence-electron chi connectivity index (χ1n) is 7.19. The van der Waals surface area contributed by atoms with E-state index in [2.05, 4.69) is 17.3 Å². The highest BCUT2D eigenvalue weighted by molar-refractivity contribution is 7.89. The normalized spacial score (nSPS) is 23.0. The molecule has 8 heteroatoms. The van der Waals surface area contributed by atoms with Crippen molar-refractivity contribution < 1.29 is 13.2 Å². The SMILES string of the molecule is C[C@@H]1CCC[C@H](NC(=O)CCn2cc(S(N)(=O)=O)cn2)C1. The van der Waals surface area contributed by atoms with Gasteiger partial charge < -0.3 is 5.32 Å². The van der Waals surface area contributed by atoms with Crippen LogP contribution in [-0.2, 0) is 21.4 Å². The summed E-state index contributed by atoms with van der Waals surface area (Å²) >= 11 is 0. The van der Waals surface area contributed by atoms with Gasteiger partial charge in [-0.3, -0.25) is 9.48 Å². The van der Waals surface area contributed by atoms with Crippen molar-refractivity contribution in [1.29, 1.82) is 0 Å². The summed E-state index contributed by atoms with van der Waals surface area (Å²) in [7, 11) is -3.73. The van der Waals surface area contributed by atoms with Crippen LogP contribution >= 0.6 is 0 Å². The third-order valence-corrected chi connectivity index (χ3v) is 4.68. The molecule has 1 aliphatic carbocycles. The van der Waals surface area contributed by atoms with Gasteiger partial charge in [0.1, 0.15) is 4.90 Å². The number of carbonyl (C=O) groups excluding carboxylic acids is 1. The van der Waals surface area contributed by atoms with Crippen LogP contribution in [0.25, 0.3) is 0 Å². The van der Waals surface area contributed by atoms with Gasteiger partial charge in [-0.15, -0.1) is 0 Å². The summed E-state index contributed by atoms with van der Waals surface area (Å²) in [5.41, 5.74) is 0. The Hall–Kier alpha value is -1.41. The zero-order valence-corrected chi connectivity index (χ0v) is 13.0. The van der Waals surface area contributed by atoms with Gasteiger partial charge in [0.25, 0.3) is 0 Å². The van der Waals surface area contributed by atoms with E-state index in [1.165, 1.54) is 23.5 Å². The zero-order chi connectivity index (χ0) is 15.5. The lowest BCUT2D eigenvalue weighted by molar-refractivity contribution is -0.122. The van der Waals surface area contributed by atoms with Crippen LogP contribution in [0.1, 0.15) is 39.0 Å². The lowest BCUT2D eigenvalue weighted by atomic mass is 9.87. The Morgan fingerprint density at radius 3 is 2.90 bits per heavy atom. The maximum Gasteiger partial charge on any atom is 0.241 e. The van der Waals surface area contributed by atoms with E-state index in [9.17, 15) is 13.2 Å². The van der Waals surface area contributed by atoms with Gasteiger partial charge in [0.05, 0.1) is 6.20 Å². The molecular weight excluding hydrogens is 292 g/mol. The highest BCUT2D eigenvalue weighted by Crippen LogP contribution is 2.23. The van der Waals surface area contributed by atoms with Crippen LogP contribution in [0.15, 0.2) is 17.3 Å². The Labute approximate surface area is 124 Å². The van der Waals surface area contributed by atoms with Crippen LogP contribution in [0.3, 0.4) is 0 Å². The number of amides is 1. The standard InChI is InChI=1S/C13H22N4O3S/c1-10-3-2-4-11(7-10)16-13(18)5-6-17-9-12(8-15-17)21(14,19)20/h8-11H,2-7H2,1H3,(H,16,18)(H2,14,19,20)/t10-,11+/m1/s1. The van der Waals surface area contributed by atoms with Crippen LogP contribution in [0, 0.1) is 5.92 Å². The van der Waals surface area contributed by atoms with Gasteiger partial charge >= 0.3 is 0 Å². The minimum atomic E-state index is -3.73. The van der Waals surface area contributed by atoms with Crippen LogP contribution in [0.2, 0.25) is 0 Å². The third-order valence-electron chi connectivity index (χ3n) is 3.81. The molecule has 0 aromatic carbocycles. The molecule has 1 aromatic heterocycles. The quantitative estimate of drug-likeness (QED) is 0.830. The molecule has 21 heavy (non-hydrogen) atoms. The maximum absolute atomic E-state index is 11.9. The predicted molar refractivity (Wildman–Crippen MR) is 77.8 cm³/mol. The van der Waals surface area contributed by atoms with E-state index < -0.39 is 10.0 Å². The van der Waals surface area contributed by atoms with Crippen molar-refractivity contribution in [2.45, 2.75) is 56.5 Å². The lowest BCUT2D eigenvalue weighted by Gasteiger charge is -2.27. The molecule has 1 heterocycles. The first-order valence-corrected chi connectivity index (χ1v) is 8.74. The van der Waals surface area contributed by atoms with Crippen molar-refractivity contribution in [2.24, 2.45) is 11.1 Å². The maximum atomic E-state index is 11.9. The van der Waals surface area contributed by atoms with Gasteiger partial charge in [0.15, 0.2) is 0 Å². The number of aromatic nitrogens is 2. The molecule has 0 bridgehead atoms. The molecule has 1 aliphatic rings. The molecule has 1 aromatic rings. The summed E-state index contributed by atoms with van der Waals surface area (Å²) in [6.45, 7) is 2.54. The number of nitrogens with zero attached hydrogens (tertiary/aromatic N) is 2.